The third-order valence-corrected chi connectivity index (χ3v) is 6.49. The fourth-order valence-corrected chi connectivity index (χ4v) is 4.72. The van der Waals surface area contributed by atoms with Crippen LogP contribution in [0, 0.1) is 0 Å². The van der Waals surface area contributed by atoms with Crippen molar-refractivity contribution in [3.63, 3.8) is 0 Å². The van der Waals surface area contributed by atoms with Gasteiger partial charge in [0, 0.05) is 10.6 Å². The van der Waals surface area contributed by atoms with E-state index < -0.39 is 17.7 Å². The van der Waals surface area contributed by atoms with Crippen LogP contribution in [0.15, 0.2) is 48.0 Å². The van der Waals surface area contributed by atoms with Gasteiger partial charge in [-0.05, 0) is 35.9 Å². The van der Waals surface area contributed by atoms with Crippen molar-refractivity contribution < 1.29 is 33.8 Å². The molecule has 2 aromatic carbocycles. The number of aliphatic hydroxyl groups excluding tert-OH is 1. The smallest absolute Gasteiger partial charge is 0.295 e. The Hall–Kier alpha value is -3.07. The summed E-state index contributed by atoms with van der Waals surface area (Å²) in [7, 11) is 0. The molecule has 172 valence electrons. The van der Waals surface area contributed by atoms with Gasteiger partial charge in [0.1, 0.15) is 18.8 Å². The molecule has 2 aromatic rings. The van der Waals surface area contributed by atoms with Crippen LogP contribution in [0.3, 0.4) is 0 Å². The SMILES string of the molecule is O=C1C(=O)N(CC[NH+]2CCOCC2)[C@@H](c2cccc(Cl)c2)C1=C(O)c1ccc2c(c1)OCO2. The van der Waals surface area contributed by atoms with E-state index in [1.54, 1.807) is 36.4 Å². The Morgan fingerprint density at radius 2 is 1.88 bits per heavy atom. The van der Waals surface area contributed by atoms with Crippen LogP contribution >= 0.6 is 11.6 Å². The van der Waals surface area contributed by atoms with E-state index in [4.69, 9.17) is 25.8 Å². The molecule has 9 heteroatoms. The summed E-state index contributed by atoms with van der Waals surface area (Å²) < 4.78 is 16.2. The number of aliphatic hydroxyl groups is 1. The van der Waals surface area contributed by atoms with Crippen LogP contribution < -0.4 is 14.4 Å². The maximum atomic E-state index is 13.2. The molecule has 2 saturated heterocycles. The molecule has 3 aliphatic heterocycles. The number of benzene rings is 2. The Morgan fingerprint density at radius 1 is 1.09 bits per heavy atom. The summed E-state index contributed by atoms with van der Waals surface area (Å²) in [6.07, 6.45) is 0. The average Bonchev–Trinajstić information content (AvgIpc) is 3.40. The van der Waals surface area contributed by atoms with Crippen molar-refractivity contribution in [2.45, 2.75) is 6.04 Å². The molecule has 2 N–H and O–H groups in total. The average molecular weight is 472 g/mol. The highest BCUT2D eigenvalue weighted by Crippen LogP contribution is 2.41. The molecular formula is C24H24ClN2O6+. The summed E-state index contributed by atoms with van der Waals surface area (Å²) in [4.78, 5) is 29.1. The highest BCUT2D eigenvalue weighted by Gasteiger charge is 2.46. The summed E-state index contributed by atoms with van der Waals surface area (Å²) >= 11 is 6.24. The van der Waals surface area contributed by atoms with Gasteiger partial charge >= 0.3 is 0 Å². The van der Waals surface area contributed by atoms with Crippen molar-refractivity contribution in [1.82, 2.24) is 4.90 Å². The lowest BCUT2D eigenvalue weighted by atomic mass is 9.95. The Morgan fingerprint density at radius 3 is 2.67 bits per heavy atom. The number of nitrogens with one attached hydrogen (secondary N) is 1. The Bertz CT molecular complexity index is 1130. The number of likely N-dealkylation sites (tertiary alicyclic amines) is 1. The summed E-state index contributed by atoms with van der Waals surface area (Å²) in [6, 6.07) is 11.2. The lowest BCUT2D eigenvalue weighted by Gasteiger charge is -2.29. The van der Waals surface area contributed by atoms with E-state index in [1.165, 1.54) is 9.80 Å². The van der Waals surface area contributed by atoms with Crippen LogP contribution in [0.25, 0.3) is 5.76 Å². The van der Waals surface area contributed by atoms with Gasteiger partial charge in [-0.2, -0.15) is 0 Å². The van der Waals surface area contributed by atoms with Crippen LogP contribution in [0.2, 0.25) is 5.02 Å². The van der Waals surface area contributed by atoms with Crippen LogP contribution in [0.1, 0.15) is 17.2 Å². The highest BCUT2D eigenvalue weighted by atomic mass is 35.5. The maximum Gasteiger partial charge on any atom is 0.295 e. The number of nitrogens with zero attached hydrogens (tertiary/aromatic N) is 1. The van der Waals surface area contributed by atoms with Gasteiger partial charge in [-0.25, -0.2) is 0 Å². The molecule has 0 aromatic heterocycles. The standard InChI is InChI=1S/C24H23ClN2O6/c25-17-3-1-2-15(12-17)21-20(22(28)16-4-5-18-19(13-16)33-14-32-18)23(29)24(30)27(21)7-6-26-8-10-31-11-9-26/h1-5,12-13,21,28H,6-11,14H2/p+1/t21-/m0/s1. The normalized spacial score (nSPS) is 22.2. The van der Waals surface area contributed by atoms with E-state index in [9.17, 15) is 14.7 Å². The van der Waals surface area contributed by atoms with Crippen LogP contribution in [-0.2, 0) is 14.3 Å². The number of quaternary nitrogens is 1. The zero-order valence-corrected chi connectivity index (χ0v) is 18.6. The van der Waals surface area contributed by atoms with Crippen LogP contribution in [0.4, 0.5) is 0 Å². The topological polar surface area (TPSA) is 89.7 Å². The first-order chi connectivity index (χ1) is 16.0. The first-order valence-electron chi connectivity index (χ1n) is 10.9. The van der Waals surface area contributed by atoms with Gasteiger partial charge in [-0.3, -0.25) is 9.59 Å². The number of hydrogen-bond donors (Lipinski definition) is 2. The van der Waals surface area contributed by atoms with Gasteiger partial charge in [0.2, 0.25) is 6.79 Å². The molecule has 1 atom stereocenters. The van der Waals surface area contributed by atoms with Crippen molar-refractivity contribution in [3.8, 4) is 11.5 Å². The van der Waals surface area contributed by atoms with Crippen molar-refractivity contribution in [3.05, 3.63) is 64.2 Å². The minimum absolute atomic E-state index is 0.0399. The van der Waals surface area contributed by atoms with E-state index >= 15 is 0 Å². The van der Waals surface area contributed by atoms with Crippen LogP contribution in [0.5, 0.6) is 11.5 Å². The van der Waals surface area contributed by atoms with Gasteiger partial charge in [0.15, 0.2) is 11.5 Å². The number of carbonyl (C=O) groups excluding carboxylic acids is 2. The summed E-state index contributed by atoms with van der Waals surface area (Å²) in [5.41, 5.74) is 1.09. The number of ether oxygens (including phenoxy) is 3. The van der Waals surface area contributed by atoms with Crippen molar-refractivity contribution >= 4 is 29.1 Å². The second kappa shape index (κ2) is 9.05. The Kier molecular flexibility index (Phi) is 5.97. The molecule has 0 saturated carbocycles. The second-order valence-corrected chi connectivity index (χ2v) is 8.66. The molecule has 1 amide bonds. The predicted octanol–water partition coefficient (Wildman–Crippen LogP) is 1.41. The number of fused-ring (bicyclic) bond motifs is 1. The number of rotatable bonds is 5. The second-order valence-electron chi connectivity index (χ2n) is 8.23. The fraction of sp³-hybridized carbons (Fsp3) is 0.333. The first kappa shape index (κ1) is 21.8. The largest absolute Gasteiger partial charge is 0.507 e. The van der Waals surface area contributed by atoms with Crippen molar-refractivity contribution in [2.75, 3.05) is 46.2 Å². The molecule has 3 aliphatic rings. The number of ketones is 1. The number of amides is 1. The van der Waals surface area contributed by atoms with Crippen molar-refractivity contribution in [1.29, 1.82) is 0 Å². The number of hydrogen-bond acceptors (Lipinski definition) is 6. The van der Waals surface area contributed by atoms with Crippen molar-refractivity contribution in [2.24, 2.45) is 0 Å². The number of Topliss-reactive ketones (excluding diaryl/α,β-unsaturated/α-hetero) is 1. The Balaban J connectivity index is 1.54. The molecule has 3 heterocycles. The molecule has 0 radical (unpaired) electrons. The number of halogens is 1. The predicted molar refractivity (Wildman–Crippen MR) is 119 cm³/mol. The van der Waals surface area contributed by atoms with Gasteiger partial charge in [-0.1, -0.05) is 23.7 Å². The van der Waals surface area contributed by atoms with E-state index in [1.807, 2.05) is 6.07 Å². The van der Waals surface area contributed by atoms with Gasteiger partial charge in [0.25, 0.3) is 11.7 Å². The summed E-state index contributed by atoms with van der Waals surface area (Å²) in [5, 5.41) is 11.7. The quantitative estimate of drug-likeness (QED) is 0.389. The minimum atomic E-state index is -0.741. The molecule has 33 heavy (non-hydrogen) atoms. The van der Waals surface area contributed by atoms with E-state index in [-0.39, 0.29) is 18.1 Å². The van der Waals surface area contributed by atoms with Crippen LogP contribution in [-0.4, -0.2) is 67.9 Å². The lowest BCUT2D eigenvalue weighted by Crippen LogP contribution is -3.14. The molecule has 5 rings (SSSR count). The highest BCUT2D eigenvalue weighted by molar-refractivity contribution is 6.46. The fourth-order valence-electron chi connectivity index (χ4n) is 4.52. The number of carbonyl (C=O) groups is 2. The Labute approximate surface area is 195 Å². The first-order valence-corrected chi connectivity index (χ1v) is 11.3. The van der Waals surface area contributed by atoms with Gasteiger partial charge in [-0.15, -0.1) is 0 Å². The molecule has 0 unspecified atom stereocenters. The minimum Gasteiger partial charge on any atom is -0.507 e. The van der Waals surface area contributed by atoms with E-state index in [0.717, 1.165) is 13.1 Å². The molecule has 0 spiro atoms. The summed E-state index contributed by atoms with van der Waals surface area (Å²) in [5.74, 6) is -0.560. The zero-order valence-electron chi connectivity index (χ0n) is 17.9. The molecule has 2 fully saturated rings. The molecule has 0 bridgehead atoms. The van der Waals surface area contributed by atoms with E-state index in [2.05, 4.69) is 0 Å². The van der Waals surface area contributed by atoms with Gasteiger partial charge in [0.05, 0.1) is 37.9 Å². The maximum absolute atomic E-state index is 13.2. The lowest BCUT2D eigenvalue weighted by molar-refractivity contribution is -0.907. The van der Waals surface area contributed by atoms with E-state index in [0.29, 0.717) is 54.0 Å². The molecular weight excluding hydrogens is 448 g/mol. The third-order valence-electron chi connectivity index (χ3n) is 6.26. The summed E-state index contributed by atoms with van der Waals surface area (Å²) in [6.45, 7) is 4.20. The molecule has 8 nitrogen and oxygen atoms in total. The molecule has 0 aliphatic carbocycles. The number of morpholine rings is 1. The van der Waals surface area contributed by atoms with Gasteiger partial charge < -0.3 is 29.1 Å². The monoisotopic (exact) mass is 471 g/mol. The third kappa shape index (κ3) is 4.17. The zero-order chi connectivity index (χ0) is 22.9.